The molecular weight excluding hydrogens is 414 g/mol. The smallest absolute Gasteiger partial charge is 0.337 e. The number of nitrogens with zero attached hydrogens (tertiary/aromatic N) is 1. The van der Waals surface area contributed by atoms with Gasteiger partial charge in [-0.3, -0.25) is 4.79 Å². The normalized spacial score (nSPS) is 11.4. The van der Waals surface area contributed by atoms with Crippen molar-refractivity contribution >= 4 is 34.2 Å². The van der Waals surface area contributed by atoms with Crippen LogP contribution in [0.25, 0.3) is 22.2 Å². The highest BCUT2D eigenvalue weighted by Gasteiger charge is 2.09. The maximum absolute atomic E-state index is 12.3. The summed E-state index contributed by atoms with van der Waals surface area (Å²) in [5.41, 5.74) is 5.93. The Morgan fingerprint density at radius 1 is 1.03 bits per heavy atom. The van der Waals surface area contributed by atoms with E-state index in [-0.39, 0.29) is 11.8 Å². The van der Waals surface area contributed by atoms with Gasteiger partial charge < -0.3 is 15.0 Å². The Bertz CT molecular complexity index is 1330. The molecule has 4 aromatic rings. The van der Waals surface area contributed by atoms with E-state index in [0.717, 1.165) is 39.8 Å². The van der Waals surface area contributed by atoms with E-state index in [1.807, 2.05) is 50.2 Å². The van der Waals surface area contributed by atoms with Crippen LogP contribution in [0.3, 0.4) is 0 Å². The average molecular weight is 440 g/mol. The first-order chi connectivity index (χ1) is 16.0. The van der Waals surface area contributed by atoms with Crippen LogP contribution in [0, 0.1) is 0 Å². The van der Waals surface area contributed by atoms with Crippen molar-refractivity contribution in [1.82, 2.24) is 9.97 Å². The number of allylic oxidation sites excluding steroid dienone is 2. The molecule has 4 rings (SSSR count). The van der Waals surface area contributed by atoms with E-state index < -0.39 is 0 Å². The highest BCUT2D eigenvalue weighted by molar-refractivity contribution is 6.05. The first kappa shape index (κ1) is 22.0. The maximum atomic E-state index is 12.3. The maximum Gasteiger partial charge on any atom is 0.337 e. The Balaban J connectivity index is 1.52. The molecule has 0 amide bonds. The Kier molecular flexibility index (Phi) is 6.36. The number of methoxy groups -OCH3 is 1. The van der Waals surface area contributed by atoms with Crippen LogP contribution >= 0.6 is 0 Å². The number of carbonyl (C=O) groups is 2. The molecule has 0 unspecified atom stereocenters. The molecule has 0 saturated heterocycles. The van der Waals surface area contributed by atoms with Gasteiger partial charge in [0.15, 0.2) is 5.78 Å². The number of anilines is 2. The Morgan fingerprint density at radius 2 is 1.73 bits per heavy atom. The Labute approximate surface area is 192 Å². The zero-order valence-electron chi connectivity index (χ0n) is 18.8. The van der Waals surface area contributed by atoms with Gasteiger partial charge in [-0.15, -0.1) is 0 Å². The highest BCUT2D eigenvalue weighted by Crippen LogP contribution is 2.26. The van der Waals surface area contributed by atoms with Crippen molar-refractivity contribution in [2.24, 2.45) is 0 Å². The quantitative estimate of drug-likeness (QED) is 0.201. The average Bonchev–Trinajstić information content (AvgIpc) is 3.27. The molecule has 0 aliphatic carbocycles. The third-order valence-electron chi connectivity index (χ3n) is 5.50. The van der Waals surface area contributed by atoms with Crippen molar-refractivity contribution in [3.8, 4) is 11.3 Å². The SMILES string of the molecule is CCC(C)=CC(=O)c1ccc(-c2cc3cnc(Nc4ccc(C(=O)OC)cc4)cc3[nH]2)cc1. The summed E-state index contributed by atoms with van der Waals surface area (Å²) in [6.45, 7) is 4.00. The topological polar surface area (TPSA) is 84.1 Å². The van der Waals surface area contributed by atoms with Crippen molar-refractivity contribution in [2.45, 2.75) is 20.3 Å². The number of pyridine rings is 1. The van der Waals surface area contributed by atoms with E-state index in [1.165, 1.54) is 7.11 Å². The predicted molar refractivity (Wildman–Crippen MR) is 131 cm³/mol. The van der Waals surface area contributed by atoms with Crippen LogP contribution in [-0.2, 0) is 4.74 Å². The molecule has 0 aliphatic heterocycles. The number of carbonyl (C=O) groups excluding carboxylic acids is 2. The second-order valence-electron chi connectivity index (χ2n) is 7.82. The third kappa shape index (κ3) is 5.01. The second-order valence-corrected chi connectivity index (χ2v) is 7.82. The predicted octanol–water partition coefficient (Wildman–Crippen LogP) is 6.30. The molecule has 2 aromatic heterocycles. The molecule has 0 radical (unpaired) electrons. The first-order valence-electron chi connectivity index (χ1n) is 10.7. The number of rotatable bonds is 7. The minimum absolute atomic E-state index is 0.0251. The Hall–Kier alpha value is -4.19. The molecule has 0 fully saturated rings. The van der Waals surface area contributed by atoms with Crippen LogP contribution in [0.1, 0.15) is 41.0 Å². The number of hydrogen-bond acceptors (Lipinski definition) is 5. The largest absolute Gasteiger partial charge is 0.465 e. The fourth-order valence-corrected chi connectivity index (χ4v) is 3.43. The molecule has 0 saturated carbocycles. The number of nitrogens with one attached hydrogen (secondary N) is 2. The molecule has 0 atom stereocenters. The lowest BCUT2D eigenvalue weighted by atomic mass is 10.0. The van der Waals surface area contributed by atoms with E-state index >= 15 is 0 Å². The fourth-order valence-electron chi connectivity index (χ4n) is 3.43. The molecular formula is C27H25N3O3. The van der Waals surface area contributed by atoms with Crippen molar-refractivity contribution < 1.29 is 14.3 Å². The lowest BCUT2D eigenvalue weighted by molar-refractivity contribution is 0.0600. The van der Waals surface area contributed by atoms with Gasteiger partial charge in [0.25, 0.3) is 0 Å². The van der Waals surface area contributed by atoms with Gasteiger partial charge in [0.1, 0.15) is 5.82 Å². The van der Waals surface area contributed by atoms with Gasteiger partial charge in [0.2, 0.25) is 0 Å². The number of fused-ring (bicyclic) bond motifs is 1. The van der Waals surface area contributed by atoms with Gasteiger partial charge in [0.05, 0.1) is 18.2 Å². The highest BCUT2D eigenvalue weighted by atomic mass is 16.5. The van der Waals surface area contributed by atoms with Crippen molar-refractivity contribution in [3.63, 3.8) is 0 Å². The molecule has 0 aliphatic rings. The molecule has 2 heterocycles. The van der Waals surface area contributed by atoms with Gasteiger partial charge in [-0.1, -0.05) is 36.8 Å². The zero-order valence-corrected chi connectivity index (χ0v) is 18.8. The van der Waals surface area contributed by atoms with Crippen LogP contribution in [0.5, 0.6) is 0 Å². The molecule has 6 heteroatoms. The first-order valence-corrected chi connectivity index (χ1v) is 10.7. The van der Waals surface area contributed by atoms with Gasteiger partial charge in [-0.2, -0.15) is 0 Å². The molecule has 6 nitrogen and oxygen atoms in total. The lowest BCUT2D eigenvalue weighted by Crippen LogP contribution is -2.01. The third-order valence-corrected chi connectivity index (χ3v) is 5.50. The number of hydrogen-bond donors (Lipinski definition) is 2. The number of aromatic amines is 1. The second kappa shape index (κ2) is 9.53. The van der Waals surface area contributed by atoms with E-state index in [9.17, 15) is 9.59 Å². The molecule has 166 valence electrons. The molecule has 33 heavy (non-hydrogen) atoms. The van der Waals surface area contributed by atoms with E-state index in [4.69, 9.17) is 4.74 Å². The number of esters is 1. The zero-order chi connectivity index (χ0) is 23.4. The van der Waals surface area contributed by atoms with Gasteiger partial charge in [-0.25, -0.2) is 9.78 Å². The number of ether oxygens (including phenoxy) is 1. The lowest BCUT2D eigenvalue weighted by Gasteiger charge is -2.06. The van der Waals surface area contributed by atoms with Crippen molar-refractivity contribution in [3.05, 3.63) is 89.6 Å². The van der Waals surface area contributed by atoms with E-state index in [2.05, 4.69) is 15.3 Å². The summed E-state index contributed by atoms with van der Waals surface area (Å²) < 4.78 is 4.72. The number of ketones is 1. The summed E-state index contributed by atoms with van der Waals surface area (Å²) >= 11 is 0. The Morgan fingerprint density at radius 3 is 2.39 bits per heavy atom. The fraction of sp³-hybridized carbons (Fsp3) is 0.148. The monoisotopic (exact) mass is 439 g/mol. The van der Waals surface area contributed by atoms with Crippen molar-refractivity contribution in [1.29, 1.82) is 0 Å². The molecule has 2 aromatic carbocycles. The van der Waals surface area contributed by atoms with Gasteiger partial charge in [-0.05, 0) is 55.3 Å². The minimum atomic E-state index is -0.370. The summed E-state index contributed by atoms with van der Waals surface area (Å²) in [7, 11) is 1.36. The van der Waals surface area contributed by atoms with Gasteiger partial charge >= 0.3 is 5.97 Å². The minimum Gasteiger partial charge on any atom is -0.465 e. The van der Waals surface area contributed by atoms with Crippen LogP contribution < -0.4 is 5.32 Å². The van der Waals surface area contributed by atoms with Crippen LogP contribution in [0.4, 0.5) is 11.5 Å². The summed E-state index contributed by atoms with van der Waals surface area (Å²) in [6.07, 6.45) is 4.36. The molecule has 0 bridgehead atoms. The van der Waals surface area contributed by atoms with Crippen molar-refractivity contribution in [2.75, 3.05) is 12.4 Å². The number of aromatic nitrogens is 2. The van der Waals surface area contributed by atoms with Gasteiger partial charge in [0, 0.05) is 34.6 Å². The summed E-state index contributed by atoms with van der Waals surface area (Å²) in [4.78, 5) is 31.8. The molecule has 0 spiro atoms. The summed E-state index contributed by atoms with van der Waals surface area (Å²) in [6, 6.07) is 18.6. The molecule has 2 N–H and O–H groups in total. The van der Waals surface area contributed by atoms with E-state index in [1.54, 1.807) is 36.5 Å². The summed E-state index contributed by atoms with van der Waals surface area (Å²) in [5.74, 6) is 0.336. The van der Waals surface area contributed by atoms with Crippen LogP contribution in [0.15, 0.2) is 78.5 Å². The number of H-pyrrole nitrogens is 1. The van der Waals surface area contributed by atoms with E-state index in [0.29, 0.717) is 16.9 Å². The standard InChI is InChI=1S/C27H25N3O3/c1-4-17(2)13-25(31)19-7-5-18(6-8-19)23-14-21-16-28-26(15-24(21)30-23)29-22-11-9-20(10-12-22)27(32)33-3/h5-16,30H,4H2,1-3H3,(H,28,29). The number of benzene rings is 2. The van der Waals surface area contributed by atoms with Crippen LogP contribution in [0.2, 0.25) is 0 Å². The van der Waals surface area contributed by atoms with Crippen LogP contribution in [-0.4, -0.2) is 28.8 Å². The summed E-state index contributed by atoms with van der Waals surface area (Å²) in [5, 5.41) is 4.23.